The third-order valence-corrected chi connectivity index (χ3v) is 2.54. The Balaban J connectivity index is 2.40. The van der Waals surface area contributed by atoms with Gasteiger partial charge in [-0.05, 0) is 25.7 Å². The summed E-state index contributed by atoms with van der Waals surface area (Å²) in [6.07, 6.45) is 29.0. The van der Waals surface area contributed by atoms with Crippen molar-refractivity contribution in [1.29, 1.82) is 0 Å². The lowest BCUT2D eigenvalue weighted by Crippen LogP contribution is -1.76. The van der Waals surface area contributed by atoms with Crippen molar-refractivity contribution >= 4 is 0 Å². The van der Waals surface area contributed by atoms with Gasteiger partial charge in [-0.1, -0.05) is 73.6 Å². The topological polar surface area (TPSA) is 0 Å². The number of allylic oxidation sites excluding steroid dienone is 10. The lowest BCUT2D eigenvalue weighted by atomic mass is 10.1. The lowest BCUT2D eigenvalue weighted by molar-refractivity contribution is 0.652. The van der Waals surface area contributed by atoms with E-state index in [1.807, 2.05) is 0 Å². The van der Waals surface area contributed by atoms with Gasteiger partial charge in [0.25, 0.3) is 0 Å². The molecule has 1 aliphatic rings. The molecule has 0 bridgehead atoms. The molecule has 0 atom stereocenters. The van der Waals surface area contributed by atoms with Crippen LogP contribution in [0.2, 0.25) is 0 Å². The summed E-state index contributed by atoms with van der Waals surface area (Å²) in [4.78, 5) is 0. The van der Waals surface area contributed by atoms with Gasteiger partial charge in [0.15, 0.2) is 0 Å². The van der Waals surface area contributed by atoms with E-state index in [0.717, 1.165) is 0 Å². The summed E-state index contributed by atoms with van der Waals surface area (Å²) in [5, 5.41) is 0. The Morgan fingerprint density at radius 3 is 1.19 bits per heavy atom. The molecule has 1 aliphatic carbocycles. The van der Waals surface area contributed by atoms with Crippen molar-refractivity contribution in [2.45, 2.75) is 38.5 Å². The Labute approximate surface area is 99.8 Å². The van der Waals surface area contributed by atoms with Crippen LogP contribution in [0.1, 0.15) is 38.5 Å². The molecule has 0 N–H and O–H groups in total. The van der Waals surface area contributed by atoms with Gasteiger partial charge in [-0.15, -0.1) is 0 Å². The summed E-state index contributed by atoms with van der Waals surface area (Å²) in [7, 11) is 0. The Kier molecular flexibility index (Phi) is 8.16. The van der Waals surface area contributed by atoms with Gasteiger partial charge in [-0.3, -0.25) is 0 Å². The highest BCUT2D eigenvalue weighted by molar-refractivity contribution is 5.17. The molecule has 0 heterocycles. The predicted octanol–water partition coefficient (Wildman–Crippen LogP) is 5.12. The molecule has 1 rings (SSSR count). The number of rotatable bonds is 0. The molecular formula is C16H22. The molecule has 0 amide bonds. The second-order valence-corrected chi connectivity index (χ2v) is 4.00. The van der Waals surface area contributed by atoms with Crippen LogP contribution < -0.4 is 0 Å². The minimum atomic E-state index is 1.21. The average molecular weight is 214 g/mol. The third-order valence-electron chi connectivity index (χ3n) is 2.54. The van der Waals surface area contributed by atoms with E-state index in [1.54, 1.807) is 0 Å². The van der Waals surface area contributed by atoms with Crippen LogP contribution in [0.4, 0.5) is 0 Å². The SMILES string of the molecule is C1=CCCCCCC/C=C/C=C\C=C\C=C\1. The molecule has 0 unspecified atom stereocenters. The Bertz CT molecular complexity index is 257. The first-order chi connectivity index (χ1) is 8.00. The molecule has 0 aromatic heterocycles. The zero-order valence-corrected chi connectivity index (χ0v) is 10.0. The van der Waals surface area contributed by atoms with Crippen molar-refractivity contribution in [2.24, 2.45) is 0 Å². The van der Waals surface area contributed by atoms with Gasteiger partial charge in [-0.2, -0.15) is 0 Å². The van der Waals surface area contributed by atoms with Crippen LogP contribution in [0.3, 0.4) is 0 Å². The van der Waals surface area contributed by atoms with Crippen molar-refractivity contribution in [3.8, 4) is 0 Å². The molecular weight excluding hydrogens is 192 g/mol. The van der Waals surface area contributed by atoms with Crippen LogP contribution in [-0.2, 0) is 0 Å². The normalized spacial score (nSPS) is 27.0. The van der Waals surface area contributed by atoms with Crippen LogP contribution >= 0.6 is 0 Å². The second kappa shape index (κ2) is 10.2. The number of hydrogen-bond acceptors (Lipinski definition) is 0. The third kappa shape index (κ3) is 8.05. The Hall–Kier alpha value is -1.30. The highest BCUT2D eigenvalue weighted by Gasteiger charge is 1.86. The van der Waals surface area contributed by atoms with E-state index in [9.17, 15) is 0 Å². The molecule has 0 aromatic rings. The average Bonchev–Trinajstić information content (AvgIpc) is 2.29. The second-order valence-electron chi connectivity index (χ2n) is 4.00. The molecule has 0 aromatic carbocycles. The highest BCUT2D eigenvalue weighted by atomic mass is 13.9. The van der Waals surface area contributed by atoms with E-state index in [4.69, 9.17) is 0 Å². The smallest absolute Gasteiger partial charge is 0.0348 e. The van der Waals surface area contributed by atoms with Gasteiger partial charge in [0.2, 0.25) is 0 Å². The quantitative estimate of drug-likeness (QED) is 0.525. The largest absolute Gasteiger partial charge is 0.0845 e. The van der Waals surface area contributed by atoms with Crippen molar-refractivity contribution in [1.82, 2.24) is 0 Å². The molecule has 16 heavy (non-hydrogen) atoms. The molecule has 0 saturated carbocycles. The maximum absolute atomic E-state index is 2.26. The van der Waals surface area contributed by atoms with Gasteiger partial charge >= 0.3 is 0 Å². The fourth-order valence-corrected chi connectivity index (χ4v) is 1.61. The number of hydrogen-bond donors (Lipinski definition) is 0. The highest BCUT2D eigenvalue weighted by Crippen LogP contribution is 2.06. The van der Waals surface area contributed by atoms with E-state index < -0.39 is 0 Å². The van der Waals surface area contributed by atoms with Gasteiger partial charge in [0.05, 0.1) is 0 Å². The minimum absolute atomic E-state index is 1.21. The molecule has 86 valence electrons. The van der Waals surface area contributed by atoms with Gasteiger partial charge in [0, 0.05) is 0 Å². The maximum Gasteiger partial charge on any atom is -0.0348 e. The molecule has 0 spiro atoms. The summed E-state index contributed by atoms with van der Waals surface area (Å²) >= 11 is 0. The molecule has 0 nitrogen and oxygen atoms in total. The van der Waals surface area contributed by atoms with E-state index >= 15 is 0 Å². The lowest BCUT2D eigenvalue weighted by Gasteiger charge is -1.96. The van der Waals surface area contributed by atoms with Crippen LogP contribution in [0.15, 0.2) is 60.8 Å². The van der Waals surface area contributed by atoms with Crippen LogP contribution in [-0.4, -0.2) is 0 Å². The molecule has 0 aliphatic heterocycles. The Morgan fingerprint density at radius 2 is 0.750 bits per heavy atom. The van der Waals surface area contributed by atoms with Crippen LogP contribution in [0.25, 0.3) is 0 Å². The van der Waals surface area contributed by atoms with E-state index in [0.29, 0.717) is 0 Å². The maximum atomic E-state index is 2.26. The molecule has 0 heteroatoms. The zero-order valence-electron chi connectivity index (χ0n) is 10.0. The summed E-state index contributed by atoms with van der Waals surface area (Å²) in [5.74, 6) is 0. The van der Waals surface area contributed by atoms with Gasteiger partial charge in [-0.25, -0.2) is 0 Å². The van der Waals surface area contributed by atoms with Crippen molar-refractivity contribution < 1.29 is 0 Å². The van der Waals surface area contributed by atoms with Gasteiger partial charge in [0.1, 0.15) is 0 Å². The standard InChI is InChI=1S/C16H22/c1-2-4-6-8-10-12-14-16-15-13-11-9-7-5-3-1/h1-10H,11-16H2/b2-1+,5-3-,6-4+,9-7+,10-8?. The first-order valence-electron chi connectivity index (χ1n) is 6.32. The molecule has 0 fully saturated rings. The summed E-state index contributed by atoms with van der Waals surface area (Å²) in [6.45, 7) is 0. The molecule has 0 saturated heterocycles. The first kappa shape index (κ1) is 12.8. The minimum Gasteiger partial charge on any atom is -0.0845 e. The van der Waals surface area contributed by atoms with Crippen molar-refractivity contribution in [3.63, 3.8) is 0 Å². The van der Waals surface area contributed by atoms with E-state index in [1.165, 1.54) is 38.5 Å². The fourth-order valence-electron chi connectivity index (χ4n) is 1.61. The monoisotopic (exact) mass is 214 g/mol. The Morgan fingerprint density at radius 1 is 0.375 bits per heavy atom. The van der Waals surface area contributed by atoms with E-state index in [-0.39, 0.29) is 0 Å². The zero-order chi connectivity index (χ0) is 11.3. The van der Waals surface area contributed by atoms with E-state index in [2.05, 4.69) is 60.8 Å². The molecule has 0 radical (unpaired) electrons. The van der Waals surface area contributed by atoms with Crippen molar-refractivity contribution in [3.05, 3.63) is 60.8 Å². The first-order valence-corrected chi connectivity index (χ1v) is 6.32. The summed E-state index contributed by atoms with van der Waals surface area (Å²) < 4.78 is 0. The predicted molar refractivity (Wildman–Crippen MR) is 73.4 cm³/mol. The fraction of sp³-hybridized carbons (Fsp3) is 0.375. The van der Waals surface area contributed by atoms with Crippen LogP contribution in [0, 0.1) is 0 Å². The summed E-state index contributed by atoms with van der Waals surface area (Å²) in [5.41, 5.74) is 0. The van der Waals surface area contributed by atoms with Gasteiger partial charge < -0.3 is 0 Å². The van der Waals surface area contributed by atoms with Crippen LogP contribution in [0.5, 0.6) is 0 Å². The van der Waals surface area contributed by atoms with Crippen molar-refractivity contribution in [2.75, 3.05) is 0 Å². The summed E-state index contributed by atoms with van der Waals surface area (Å²) in [6, 6.07) is 0.